The van der Waals surface area contributed by atoms with Crippen LogP contribution in [0.1, 0.15) is 31.3 Å². The molecule has 0 bridgehead atoms. The predicted molar refractivity (Wildman–Crippen MR) is 95.3 cm³/mol. The molecule has 0 aliphatic carbocycles. The zero-order valence-corrected chi connectivity index (χ0v) is 15.6. The van der Waals surface area contributed by atoms with Gasteiger partial charge in [-0.25, -0.2) is 13.1 Å². The molecule has 24 heavy (non-hydrogen) atoms. The van der Waals surface area contributed by atoms with Gasteiger partial charge in [-0.15, -0.1) is 0 Å². The second-order valence-corrected chi connectivity index (χ2v) is 8.65. The number of amides is 1. The van der Waals surface area contributed by atoms with E-state index in [1.807, 2.05) is 0 Å². The van der Waals surface area contributed by atoms with Crippen LogP contribution in [-0.4, -0.2) is 24.8 Å². The third-order valence-electron chi connectivity index (χ3n) is 2.81. The third-order valence-corrected chi connectivity index (χ3v) is 5.26. The summed E-state index contributed by atoms with van der Waals surface area (Å²) in [6, 6.07) is 7.34. The van der Waals surface area contributed by atoms with Gasteiger partial charge in [0.1, 0.15) is 10.8 Å². The minimum absolute atomic E-state index is 0.0535. The summed E-state index contributed by atoms with van der Waals surface area (Å²) < 4.78 is 27.2. The second-order valence-electron chi connectivity index (χ2n) is 6.18. The van der Waals surface area contributed by atoms with Gasteiger partial charge in [-0.05, 0) is 45.0 Å². The molecule has 130 valence electrons. The van der Waals surface area contributed by atoms with Crippen molar-refractivity contribution in [2.75, 3.05) is 5.32 Å². The summed E-state index contributed by atoms with van der Waals surface area (Å²) in [4.78, 5) is 14.8. The van der Waals surface area contributed by atoms with Crippen LogP contribution in [0.15, 0.2) is 35.2 Å². The molecule has 1 heterocycles. The molecule has 0 spiro atoms. The Bertz CT molecular complexity index is 851. The Morgan fingerprint density at radius 3 is 2.38 bits per heavy atom. The highest BCUT2D eigenvalue weighted by Crippen LogP contribution is 2.23. The summed E-state index contributed by atoms with van der Waals surface area (Å²) in [6.45, 7) is 5.23. The van der Waals surface area contributed by atoms with Gasteiger partial charge in [0, 0.05) is 11.2 Å². The number of nitrogens with one attached hydrogen (secondary N) is 3. The van der Waals surface area contributed by atoms with Crippen molar-refractivity contribution in [1.82, 2.24) is 9.71 Å². The monoisotopic (exact) mass is 389 g/mol. The molecule has 1 aromatic carbocycles. The summed E-state index contributed by atoms with van der Waals surface area (Å²) in [5.41, 5.74) is -0.111. The summed E-state index contributed by atoms with van der Waals surface area (Å²) in [6.07, 6.45) is 0. The van der Waals surface area contributed by atoms with E-state index in [9.17, 15) is 13.2 Å². The van der Waals surface area contributed by atoms with Crippen LogP contribution in [0.25, 0.3) is 0 Å². The maximum absolute atomic E-state index is 12.3. The molecule has 6 nitrogen and oxygen atoms in total. The Balaban J connectivity index is 2.23. The number of sulfonamides is 1. The Morgan fingerprint density at radius 2 is 1.83 bits per heavy atom. The first-order chi connectivity index (χ1) is 11.0. The highest BCUT2D eigenvalue weighted by Gasteiger charge is 2.22. The first-order valence-electron chi connectivity index (χ1n) is 6.97. The molecule has 1 amide bonds. The molecule has 0 atom stereocenters. The Labute approximate surface area is 150 Å². The Hall–Kier alpha value is -1.54. The lowest BCUT2D eigenvalue weighted by Crippen LogP contribution is -2.40. The smallest absolute Gasteiger partial charge is 0.272 e. The number of carbonyl (C=O) groups excluding carboxylic acids is 1. The summed E-state index contributed by atoms with van der Waals surface area (Å²) >= 11 is 11.6. The van der Waals surface area contributed by atoms with Gasteiger partial charge in [-0.3, -0.25) is 4.79 Å². The van der Waals surface area contributed by atoms with E-state index in [1.165, 1.54) is 18.2 Å². The fourth-order valence-corrected chi connectivity index (χ4v) is 3.70. The number of aromatic nitrogens is 1. The van der Waals surface area contributed by atoms with E-state index < -0.39 is 21.5 Å². The number of anilines is 1. The zero-order chi connectivity index (χ0) is 18.1. The highest BCUT2D eigenvalue weighted by molar-refractivity contribution is 7.89. The van der Waals surface area contributed by atoms with Gasteiger partial charge in [0.15, 0.2) is 0 Å². The summed E-state index contributed by atoms with van der Waals surface area (Å²) in [5, 5.41) is 2.98. The van der Waals surface area contributed by atoms with Crippen LogP contribution in [0.5, 0.6) is 0 Å². The lowest BCUT2D eigenvalue weighted by molar-refractivity contribution is 0.102. The molecule has 0 fully saturated rings. The number of benzene rings is 1. The maximum Gasteiger partial charge on any atom is 0.272 e. The van der Waals surface area contributed by atoms with Crippen LogP contribution < -0.4 is 10.0 Å². The molecule has 2 aromatic rings. The number of hydrogen-bond acceptors (Lipinski definition) is 3. The lowest BCUT2D eigenvalue weighted by Gasteiger charge is -2.20. The van der Waals surface area contributed by atoms with Gasteiger partial charge in [0.2, 0.25) is 10.0 Å². The van der Waals surface area contributed by atoms with Gasteiger partial charge in [0.25, 0.3) is 5.91 Å². The van der Waals surface area contributed by atoms with E-state index >= 15 is 0 Å². The van der Waals surface area contributed by atoms with Crippen molar-refractivity contribution in [3.05, 3.63) is 46.2 Å². The molecule has 9 heteroatoms. The summed E-state index contributed by atoms with van der Waals surface area (Å²) in [5.74, 6) is -0.484. The molecule has 0 saturated heterocycles. The average molecular weight is 390 g/mol. The second kappa shape index (κ2) is 6.76. The van der Waals surface area contributed by atoms with E-state index in [0.29, 0.717) is 5.69 Å². The van der Waals surface area contributed by atoms with Crippen LogP contribution in [0.3, 0.4) is 0 Å². The molecule has 0 radical (unpaired) electrons. The van der Waals surface area contributed by atoms with Crippen molar-refractivity contribution < 1.29 is 13.2 Å². The van der Waals surface area contributed by atoms with Gasteiger partial charge < -0.3 is 10.3 Å². The van der Waals surface area contributed by atoms with Crippen LogP contribution in [0.2, 0.25) is 10.2 Å². The van der Waals surface area contributed by atoms with E-state index in [2.05, 4.69) is 15.0 Å². The van der Waals surface area contributed by atoms with Crippen molar-refractivity contribution >= 4 is 44.8 Å². The first-order valence-corrected chi connectivity index (χ1v) is 9.21. The minimum atomic E-state index is -3.69. The van der Waals surface area contributed by atoms with Crippen LogP contribution in [0.4, 0.5) is 5.69 Å². The molecule has 0 aliphatic heterocycles. The number of halogens is 2. The quantitative estimate of drug-likeness (QED) is 0.744. The van der Waals surface area contributed by atoms with Gasteiger partial charge >= 0.3 is 0 Å². The normalized spacial score (nSPS) is 12.2. The number of hydrogen-bond donors (Lipinski definition) is 3. The third kappa shape index (κ3) is 4.73. The first kappa shape index (κ1) is 18.8. The fraction of sp³-hybridized carbons (Fsp3) is 0.267. The van der Waals surface area contributed by atoms with Crippen LogP contribution >= 0.6 is 23.2 Å². The molecular weight excluding hydrogens is 373 g/mol. The standard InChI is InChI=1S/C15H17Cl2N3O3S/c1-15(2,3)20-24(22,23)10-6-4-5-9(7-10)18-14(21)12-8-11(16)13(17)19-12/h4-8,19-20H,1-3H3,(H,18,21). The van der Waals surface area contributed by atoms with E-state index in [0.717, 1.165) is 0 Å². The number of H-pyrrole nitrogens is 1. The summed E-state index contributed by atoms with van der Waals surface area (Å²) in [7, 11) is -3.69. The molecular formula is C15H17Cl2N3O3S. The van der Waals surface area contributed by atoms with Crippen LogP contribution in [-0.2, 0) is 10.0 Å². The van der Waals surface area contributed by atoms with Gasteiger partial charge in [-0.1, -0.05) is 29.3 Å². The average Bonchev–Trinajstić information content (AvgIpc) is 2.76. The Kier molecular flexibility index (Phi) is 5.29. The molecule has 0 saturated carbocycles. The van der Waals surface area contributed by atoms with E-state index in [-0.39, 0.29) is 20.8 Å². The molecule has 0 aliphatic rings. The number of rotatable bonds is 4. The largest absolute Gasteiger partial charge is 0.340 e. The van der Waals surface area contributed by atoms with Crippen LogP contribution in [0, 0.1) is 0 Å². The van der Waals surface area contributed by atoms with Crippen molar-refractivity contribution in [3.8, 4) is 0 Å². The molecule has 1 aromatic heterocycles. The molecule has 2 rings (SSSR count). The molecule has 0 unspecified atom stereocenters. The fourth-order valence-electron chi connectivity index (χ4n) is 1.93. The molecule has 3 N–H and O–H groups in total. The lowest BCUT2D eigenvalue weighted by atomic mass is 10.1. The van der Waals surface area contributed by atoms with Gasteiger partial charge in [0.05, 0.1) is 9.92 Å². The van der Waals surface area contributed by atoms with E-state index in [1.54, 1.807) is 32.9 Å². The highest BCUT2D eigenvalue weighted by atomic mass is 35.5. The Morgan fingerprint density at radius 1 is 1.17 bits per heavy atom. The minimum Gasteiger partial charge on any atom is -0.340 e. The van der Waals surface area contributed by atoms with E-state index in [4.69, 9.17) is 23.2 Å². The van der Waals surface area contributed by atoms with Crippen molar-refractivity contribution in [2.24, 2.45) is 0 Å². The van der Waals surface area contributed by atoms with Crippen molar-refractivity contribution in [3.63, 3.8) is 0 Å². The SMILES string of the molecule is CC(C)(C)NS(=O)(=O)c1cccc(NC(=O)c2cc(Cl)c(Cl)[nH]2)c1. The van der Waals surface area contributed by atoms with Crippen molar-refractivity contribution in [1.29, 1.82) is 0 Å². The topological polar surface area (TPSA) is 91.1 Å². The van der Waals surface area contributed by atoms with Crippen molar-refractivity contribution in [2.45, 2.75) is 31.2 Å². The maximum atomic E-state index is 12.3. The predicted octanol–water partition coefficient (Wildman–Crippen LogP) is 3.65. The number of carbonyl (C=O) groups is 1. The zero-order valence-electron chi connectivity index (χ0n) is 13.3. The van der Waals surface area contributed by atoms with Gasteiger partial charge in [-0.2, -0.15) is 0 Å². The number of aromatic amines is 1.